The predicted molar refractivity (Wildman–Crippen MR) is 33.5 cm³/mol. The average Bonchev–Trinajstić information content (AvgIpc) is 1.30. The second-order valence-electron chi connectivity index (χ2n) is 1.96. The molecule has 0 aromatic rings. The normalized spacial score (nSPS) is 12.4. The van der Waals surface area contributed by atoms with E-state index < -0.39 is 10.2 Å². The monoisotopic (exact) mass is 119 g/mol. The van der Waals surface area contributed by atoms with Crippen LogP contribution in [0, 0.1) is 0 Å². The van der Waals surface area contributed by atoms with Crippen molar-refractivity contribution < 1.29 is 4.79 Å². The van der Waals surface area contributed by atoms with Gasteiger partial charge in [0.1, 0.15) is 0 Å². The largest absolute Gasteiger partial charge is 0.245 e. The third kappa shape index (κ3) is 5.73. The Morgan fingerprint density at radius 1 is 1.43 bits per heavy atom. The quantitative estimate of drug-likeness (QED) is 0.373. The second-order valence-corrected chi connectivity index (χ2v) is 5.68. The van der Waals surface area contributed by atoms with Crippen molar-refractivity contribution in [3.05, 3.63) is 0 Å². The highest BCUT2D eigenvalue weighted by atomic mass is 32.3. The summed E-state index contributed by atoms with van der Waals surface area (Å²) in [7, 11) is -0.973. The molecule has 0 bridgehead atoms. The first-order valence-electron chi connectivity index (χ1n) is 1.84. The Labute approximate surface area is 45.1 Å². The van der Waals surface area contributed by atoms with Crippen LogP contribution in [0.2, 0.25) is 0 Å². The van der Waals surface area contributed by atoms with Gasteiger partial charge < -0.3 is 0 Å². The van der Waals surface area contributed by atoms with Crippen molar-refractivity contribution >= 4 is 16.3 Å². The first kappa shape index (κ1) is 6.73. The van der Waals surface area contributed by atoms with Gasteiger partial charge in [-0.25, -0.2) is 4.79 Å². The highest BCUT2D eigenvalue weighted by Gasteiger charge is 1.95. The number of isocyanates is 1. The van der Waals surface area contributed by atoms with Crippen molar-refractivity contribution in [2.75, 3.05) is 18.8 Å². The molecule has 0 spiro atoms. The lowest BCUT2D eigenvalue weighted by atomic mass is 11.7. The van der Waals surface area contributed by atoms with E-state index in [4.69, 9.17) is 0 Å². The number of hydrogen-bond donors (Lipinski definition) is 0. The highest BCUT2D eigenvalue weighted by molar-refractivity contribution is 8.31. The first-order valence-corrected chi connectivity index (χ1v) is 4.65. The van der Waals surface area contributed by atoms with Crippen LogP contribution in [-0.4, -0.2) is 24.8 Å². The summed E-state index contributed by atoms with van der Waals surface area (Å²) >= 11 is 0. The number of carbonyl (C=O) groups excluding carboxylic acids is 1. The predicted octanol–water partition coefficient (Wildman–Crippen LogP) is 0.931. The molecule has 0 saturated carbocycles. The van der Waals surface area contributed by atoms with Crippen LogP contribution in [0.1, 0.15) is 0 Å². The van der Waals surface area contributed by atoms with Crippen molar-refractivity contribution in [3.8, 4) is 0 Å². The molecule has 0 aliphatic carbocycles. The Morgan fingerprint density at radius 2 is 1.86 bits per heavy atom. The lowest BCUT2D eigenvalue weighted by Crippen LogP contribution is -1.82. The van der Waals surface area contributed by atoms with Gasteiger partial charge in [0, 0.05) is 0 Å². The van der Waals surface area contributed by atoms with Gasteiger partial charge >= 0.3 is 0 Å². The lowest BCUT2D eigenvalue weighted by Gasteiger charge is -2.13. The van der Waals surface area contributed by atoms with Crippen LogP contribution >= 0.6 is 10.2 Å². The summed E-state index contributed by atoms with van der Waals surface area (Å²) in [4.78, 5) is 9.55. The summed E-state index contributed by atoms with van der Waals surface area (Å²) < 4.78 is 3.53. The maximum atomic E-state index is 9.55. The van der Waals surface area contributed by atoms with Crippen LogP contribution in [0.3, 0.4) is 0 Å². The van der Waals surface area contributed by atoms with Crippen molar-refractivity contribution in [1.82, 2.24) is 0 Å². The van der Waals surface area contributed by atoms with E-state index in [1.54, 1.807) is 0 Å². The third-order valence-electron chi connectivity index (χ3n) is 0.311. The second kappa shape index (κ2) is 2.15. The van der Waals surface area contributed by atoms with E-state index in [1.165, 1.54) is 6.08 Å². The Balaban J connectivity index is 3.80. The van der Waals surface area contributed by atoms with Gasteiger partial charge in [0.15, 0.2) is 0 Å². The minimum absolute atomic E-state index is 0.973. The zero-order valence-electron chi connectivity index (χ0n) is 4.76. The van der Waals surface area contributed by atoms with Gasteiger partial charge in [0.25, 0.3) is 0 Å². The zero-order valence-corrected chi connectivity index (χ0v) is 5.58. The standard InChI is InChI=1S/C4H9NOS/c1-7(2,3)5-4-6/h1-3H3. The molecule has 0 radical (unpaired) electrons. The molecule has 0 fully saturated rings. The minimum Gasteiger partial charge on any atom is -0.210 e. The molecule has 0 aromatic heterocycles. The van der Waals surface area contributed by atoms with E-state index in [9.17, 15) is 4.79 Å². The minimum atomic E-state index is -0.973. The topological polar surface area (TPSA) is 29.4 Å². The number of nitrogens with zero attached hydrogens (tertiary/aromatic N) is 1. The SMILES string of the molecule is CS(C)(C)N=C=O. The Morgan fingerprint density at radius 3 is 1.86 bits per heavy atom. The summed E-state index contributed by atoms with van der Waals surface area (Å²) in [6.07, 6.45) is 7.31. The van der Waals surface area contributed by atoms with Crippen molar-refractivity contribution in [1.29, 1.82) is 0 Å². The van der Waals surface area contributed by atoms with Gasteiger partial charge in [-0.2, -0.15) is 4.40 Å². The maximum absolute atomic E-state index is 9.55. The van der Waals surface area contributed by atoms with Crippen LogP contribution in [0.5, 0.6) is 0 Å². The molecule has 0 N–H and O–H groups in total. The van der Waals surface area contributed by atoms with E-state index in [0.29, 0.717) is 0 Å². The highest BCUT2D eigenvalue weighted by Crippen LogP contribution is 2.34. The van der Waals surface area contributed by atoms with E-state index in [2.05, 4.69) is 4.40 Å². The Kier molecular flexibility index (Phi) is 2.06. The molecule has 7 heavy (non-hydrogen) atoms. The van der Waals surface area contributed by atoms with Crippen LogP contribution in [0.25, 0.3) is 0 Å². The number of hydrogen-bond acceptors (Lipinski definition) is 2. The molecule has 0 rings (SSSR count). The maximum Gasteiger partial charge on any atom is 0.245 e. The third-order valence-corrected chi connectivity index (χ3v) is 0.933. The van der Waals surface area contributed by atoms with Crippen molar-refractivity contribution in [3.63, 3.8) is 0 Å². The van der Waals surface area contributed by atoms with Crippen molar-refractivity contribution in [2.24, 2.45) is 4.40 Å². The fourth-order valence-corrected chi connectivity index (χ4v) is 0.335. The van der Waals surface area contributed by atoms with Gasteiger partial charge in [-0.05, 0) is 18.8 Å². The van der Waals surface area contributed by atoms with Gasteiger partial charge in [-0.1, -0.05) is 0 Å². The van der Waals surface area contributed by atoms with E-state index in [-0.39, 0.29) is 0 Å². The van der Waals surface area contributed by atoms with Gasteiger partial charge in [0.05, 0.1) is 0 Å². The molecule has 0 saturated heterocycles. The molecular formula is C4H9NOS. The van der Waals surface area contributed by atoms with Gasteiger partial charge in [0.2, 0.25) is 6.08 Å². The molecule has 0 aromatic carbocycles. The first-order chi connectivity index (χ1) is 3.06. The molecule has 0 atom stereocenters. The lowest BCUT2D eigenvalue weighted by molar-refractivity contribution is 0.566. The molecule has 0 heterocycles. The molecule has 42 valence electrons. The smallest absolute Gasteiger partial charge is 0.210 e. The van der Waals surface area contributed by atoms with E-state index >= 15 is 0 Å². The summed E-state index contributed by atoms with van der Waals surface area (Å²) in [5.41, 5.74) is 0. The molecule has 2 nitrogen and oxygen atoms in total. The van der Waals surface area contributed by atoms with Crippen LogP contribution in [-0.2, 0) is 4.79 Å². The van der Waals surface area contributed by atoms with Gasteiger partial charge in [-0.15, -0.1) is 10.2 Å². The van der Waals surface area contributed by atoms with Crippen LogP contribution in [0.4, 0.5) is 0 Å². The average molecular weight is 119 g/mol. The summed E-state index contributed by atoms with van der Waals surface area (Å²) in [6, 6.07) is 0. The molecular weight excluding hydrogens is 110 g/mol. The van der Waals surface area contributed by atoms with Crippen LogP contribution in [0.15, 0.2) is 4.40 Å². The fraction of sp³-hybridized carbons (Fsp3) is 0.750. The summed E-state index contributed by atoms with van der Waals surface area (Å²) in [5, 5.41) is 0. The van der Waals surface area contributed by atoms with Crippen LogP contribution < -0.4 is 0 Å². The molecule has 0 unspecified atom stereocenters. The fourth-order valence-electron chi connectivity index (χ4n) is 0.112. The molecule has 3 heteroatoms. The summed E-state index contributed by atoms with van der Waals surface area (Å²) in [5.74, 6) is 0. The summed E-state index contributed by atoms with van der Waals surface area (Å²) in [6.45, 7) is 0. The number of rotatable bonds is 1. The Hall–Kier alpha value is -0.270. The van der Waals surface area contributed by atoms with Crippen molar-refractivity contribution in [2.45, 2.75) is 0 Å². The Bertz CT molecular complexity index is 98.7. The molecule has 0 aliphatic rings. The molecule has 0 aliphatic heterocycles. The van der Waals surface area contributed by atoms with E-state index in [1.807, 2.05) is 18.8 Å². The van der Waals surface area contributed by atoms with E-state index in [0.717, 1.165) is 0 Å². The zero-order chi connectivity index (χ0) is 5.91. The molecule has 0 amide bonds. The van der Waals surface area contributed by atoms with Gasteiger partial charge in [-0.3, -0.25) is 0 Å².